The topological polar surface area (TPSA) is 78.0 Å². The van der Waals surface area contributed by atoms with Crippen molar-refractivity contribution in [2.24, 2.45) is 0 Å². The largest absolute Gasteiger partial charge is 0.491 e. The van der Waals surface area contributed by atoms with Gasteiger partial charge in [0.2, 0.25) is 0 Å². The van der Waals surface area contributed by atoms with Crippen molar-refractivity contribution < 1.29 is 4.74 Å². The van der Waals surface area contributed by atoms with Gasteiger partial charge in [0.25, 0.3) is 0 Å². The third-order valence-corrected chi connectivity index (χ3v) is 3.00. The zero-order valence-electron chi connectivity index (χ0n) is 12.0. The Morgan fingerprint density at radius 1 is 1.35 bits per heavy atom. The van der Waals surface area contributed by atoms with Crippen molar-refractivity contribution in [3.63, 3.8) is 0 Å². The van der Waals surface area contributed by atoms with Crippen molar-refractivity contribution in [3.05, 3.63) is 30.4 Å². The summed E-state index contributed by atoms with van der Waals surface area (Å²) in [6, 6.07) is 5.74. The van der Waals surface area contributed by atoms with Gasteiger partial charge < -0.3 is 20.4 Å². The number of hydrogen-bond acceptors (Lipinski definition) is 5. The third kappa shape index (κ3) is 3.20. The zero-order valence-corrected chi connectivity index (χ0v) is 12.0. The van der Waals surface area contributed by atoms with E-state index in [2.05, 4.69) is 29.4 Å². The Balaban J connectivity index is 2.06. The predicted molar refractivity (Wildman–Crippen MR) is 79.7 cm³/mol. The van der Waals surface area contributed by atoms with Crippen molar-refractivity contribution in [3.8, 4) is 5.75 Å². The molecular formula is C14H21N5O. The summed E-state index contributed by atoms with van der Waals surface area (Å²) in [6.07, 6.45) is 2.68. The van der Waals surface area contributed by atoms with Crippen LogP contribution in [0.3, 0.4) is 0 Å². The first-order chi connectivity index (χ1) is 9.76. The molecule has 0 aliphatic rings. The summed E-state index contributed by atoms with van der Waals surface area (Å²) in [5.41, 5.74) is 7.58. The van der Waals surface area contributed by atoms with Crippen LogP contribution in [0.4, 0.5) is 11.4 Å². The second kappa shape index (κ2) is 6.79. The van der Waals surface area contributed by atoms with Gasteiger partial charge in [-0.2, -0.15) is 0 Å². The molecule has 20 heavy (non-hydrogen) atoms. The average Bonchev–Trinajstić information content (AvgIpc) is 2.92. The molecule has 0 amide bonds. The van der Waals surface area contributed by atoms with Gasteiger partial charge in [0.1, 0.15) is 12.1 Å². The number of benzene rings is 1. The molecule has 0 bridgehead atoms. The van der Waals surface area contributed by atoms with Crippen LogP contribution < -0.4 is 15.8 Å². The van der Waals surface area contributed by atoms with E-state index in [-0.39, 0.29) is 0 Å². The number of rotatable bonds is 7. The number of para-hydroxylation sites is 1. The van der Waals surface area contributed by atoms with Crippen molar-refractivity contribution in [1.82, 2.24) is 14.8 Å². The Labute approximate surface area is 119 Å². The van der Waals surface area contributed by atoms with Gasteiger partial charge in [0.05, 0.1) is 24.5 Å². The lowest BCUT2D eigenvalue weighted by Gasteiger charge is -2.13. The number of anilines is 2. The van der Waals surface area contributed by atoms with E-state index in [1.807, 2.05) is 22.8 Å². The number of nitrogens with zero attached hydrogens (tertiary/aromatic N) is 3. The molecule has 0 aliphatic carbocycles. The summed E-state index contributed by atoms with van der Waals surface area (Å²) in [4.78, 5) is 0. The number of hydrogen-bond donors (Lipinski definition) is 2. The van der Waals surface area contributed by atoms with E-state index in [0.29, 0.717) is 24.6 Å². The van der Waals surface area contributed by atoms with Crippen LogP contribution in [0.15, 0.2) is 24.5 Å². The first-order valence-electron chi connectivity index (χ1n) is 6.88. The zero-order chi connectivity index (χ0) is 14.4. The van der Waals surface area contributed by atoms with Crippen LogP contribution in [0, 0.1) is 0 Å². The average molecular weight is 275 g/mol. The molecule has 3 N–H and O–H groups in total. The second-order valence-corrected chi connectivity index (χ2v) is 4.45. The standard InChI is InChI=1S/C14H21N5O/c1-3-8-20-12-7-5-6-11(14(12)15)16-9-13-18-17-10-19(13)4-2/h5-7,10,16H,3-4,8-9,15H2,1-2H3. The minimum atomic E-state index is 0.579. The summed E-state index contributed by atoms with van der Waals surface area (Å²) in [5, 5.41) is 11.3. The minimum Gasteiger partial charge on any atom is -0.491 e. The number of nitrogens with two attached hydrogens (primary N) is 1. The van der Waals surface area contributed by atoms with Gasteiger partial charge in [-0.1, -0.05) is 13.0 Å². The summed E-state index contributed by atoms with van der Waals surface area (Å²) in [7, 11) is 0. The number of aryl methyl sites for hydroxylation is 1. The molecule has 0 radical (unpaired) electrons. The maximum Gasteiger partial charge on any atom is 0.152 e. The molecule has 0 atom stereocenters. The highest BCUT2D eigenvalue weighted by molar-refractivity contribution is 5.72. The number of nitrogens with one attached hydrogen (secondary N) is 1. The number of ether oxygens (including phenoxy) is 1. The van der Waals surface area contributed by atoms with E-state index >= 15 is 0 Å². The van der Waals surface area contributed by atoms with Crippen LogP contribution >= 0.6 is 0 Å². The SMILES string of the molecule is CCCOc1cccc(NCc2nncn2CC)c1N. The molecule has 6 heteroatoms. The Bertz CT molecular complexity index is 552. The first-order valence-corrected chi connectivity index (χ1v) is 6.88. The summed E-state index contributed by atoms with van der Waals surface area (Å²) in [6.45, 7) is 6.21. The number of nitrogen functional groups attached to an aromatic ring is 1. The molecule has 1 aromatic heterocycles. The lowest BCUT2D eigenvalue weighted by atomic mass is 10.2. The third-order valence-electron chi connectivity index (χ3n) is 3.00. The van der Waals surface area contributed by atoms with Crippen LogP contribution in [0.1, 0.15) is 26.1 Å². The van der Waals surface area contributed by atoms with Gasteiger partial charge in [0.15, 0.2) is 5.82 Å². The van der Waals surface area contributed by atoms with Gasteiger partial charge in [-0.25, -0.2) is 0 Å². The van der Waals surface area contributed by atoms with Gasteiger partial charge in [0, 0.05) is 6.54 Å². The minimum absolute atomic E-state index is 0.579. The molecule has 0 saturated carbocycles. The molecule has 0 saturated heterocycles. The van der Waals surface area contributed by atoms with E-state index in [1.54, 1.807) is 6.33 Å². The molecule has 0 aliphatic heterocycles. The molecule has 2 rings (SSSR count). The molecule has 0 unspecified atom stereocenters. The van der Waals surface area contributed by atoms with Gasteiger partial charge in [-0.05, 0) is 25.5 Å². The lowest BCUT2D eigenvalue weighted by molar-refractivity contribution is 0.319. The van der Waals surface area contributed by atoms with E-state index in [0.717, 1.165) is 24.5 Å². The monoisotopic (exact) mass is 275 g/mol. The Morgan fingerprint density at radius 3 is 2.95 bits per heavy atom. The van der Waals surface area contributed by atoms with Crippen molar-refractivity contribution in [2.75, 3.05) is 17.7 Å². The van der Waals surface area contributed by atoms with Crippen LogP contribution in [0.5, 0.6) is 5.75 Å². The van der Waals surface area contributed by atoms with Gasteiger partial charge >= 0.3 is 0 Å². The second-order valence-electron chi connectivity index (χ2n) is 4.45. The fraction of sp³-hybridized carbons (Fsp3) is 0.429. The van der Waals surface area contributed by atoms with Crippen LogP contribution in [-0.4, -0.2) is 21.4 Å². The molecule has 1 aromatic carbocycles. The lowest BCUT2D eigenvalue weighted by Crippen LogP contribution is -2.09. The fourth-order valence-electron chi connectivity index (χ4n) is 1.89. The van der Waals surface area contributed by atoms with E-state index in [4.69, 9.17) is 10.5 Å². The predicted octanol–water partition coefficient (Wildman–Crippen LogP) is 2.28. The molecule has 0 spiro atoms. The Kier molecular flexibility index (Phi) is 4.81. The van der Waals surface area contributed by atoms with Gasteiger partial charge in [-0.15, -0.1) is 10.2 Å². The van der Waals surface area contributed by atoms with Crippen LogP contribution in [0.2, 0.25) is 0 Å². The molecule has 108 valence electrons. The molecule has 2 aromatic rings. The highest BCUT2D eigenvalue weighted by Gasteiger charge is 2.07. The maximum atomic E-state index is 6.10. The molecule has 0 fully saturated rings. The maximum absolute atomic E-state index is 6.10. The summed E-state index contributed by atoms with van der Waals surface area (Å²) >= 11 is 0. The van der Waals surface area contributed by atoms with Gasteiger partial charge in [-0.3, -0.25) is 0 Å². The normalized spacial score (nSPS) is 10.5. The molecular weight excluding hydrogens is 254 g/mol. The highest BCUT2D eigenvalue weighted by atomic mass is 16.5. The Morgan fingerprint density at radius 2 is 2.20 bits per heavy atom. The fourth-order valence-corrected chi connectivity index (χ4v) is 1.89. The summed E-state index contributed by atoms with van der Waals surface area (Å²) in [5.74, 6) is 1.60. The highest BCUT2D eigenvalue weighted by Crippen LogP contribution is 2.29. The first kappa shape index (κ1) is 14.2. The van der Waals surface area contributed by atoms with Crippen LogP contribution in [0.25, 0.3) is 0 Å². The van der Waals surface area contributed by atoms with Crippen molar-refractivity contribution in [2.45, 2.75) is 33.4 Å². The quantitative estimate of drug-likeness (QED) is 0.758. The number of aromatic nitrogens is 3. The van der Waals surface area contributed by atoms with E-state index in [9.17, 15) is 0 Å². The summed E-state index contributed by atoms with van der Waals surface area (Å²) < 4.78 is 7.60. The van der Waals surface area contributed by atoms with Crippen molar-refractivity contribution >= 4 is 11.4 Å². The van der Waals surface area contributed by atoms with E-state index in [1.165, 1.54) is 0 Å². The van der Waals surface area contributed by atoms with Crippen molar-refractivity contribution in [1.29, 1.82) is 0 Å². The van der Waals surface area contributed by atoms with E-state index < -0.39 is 0 Å². The Hall–Kier alpha value is -2.24. The molecule has 6 nitrogen and oxygen atoms in total. The molecule has 1 heterocycles. The van der Waals surface area contributed by atoms with Crippen LogP contribution in [-0.2, 0) is 13.1 Å². The smallest absolute Gasteiger partial charge is 0.152 e.